The van der Waals surface area contributed by atoms with Crippen LogP contribution in [0.2, 0.25) is 0 Å². The van der Waals surface area contributed by atoms with Crippen molar-refractivity contribution < 1.29 is 14.3 Å². The molecule has 6 nitrogen and oxygen atoms in total. The highest BCUT2D eigenvalue weighted by Gasteiger charge is 2.54. The number of rotatable bonds is 2. The molecule has 0 aromatic heterocycles. The van der Waals surface area contributed by atoms with Gasteiger partial charge in [0.2, 0.25) is 0 Å². The van der Waals surface area contributed by atoms with Gasteiger partial charge in [0, 0.05) is 6.20 Å². The Morgan fingerprint density at radius 1 is 1.60 bits per heavy atom. The smallest absolute Gasteiger partial charge is 0.354 e. The second-order valence-electron chi connectivity index (χ2n) is 4.74. The van der Waals surface area contributed by atoms with E-state index < -0.39 is 17.4 Å². The Bertz CT molecular complexity index is 588. The molecule has 1 aliphatic carbocycles. The summed E-state index contributed by atoms with van der Waals surface area (Å²) in [5.74, 6) is -0.548. The average Bonchev–Trinajstić information content (AvgIpc) is 2.60. The molecule has 0 aromatic carbocycles. The summed E-state index contributed by atoms with van der Waals surface area (Å²) in [5, 5.41) is 6.13. The zero-order chi connectivity index (χ0) is 14.2. The first-order chi connectivity index (χ1) is 9.70. The second kappa shape index (κ2) is 4.72. The molecule has 2 heterocycles. The summed E-state index contributed by atoms with van der Waals surface area (Å²) in [6.07, 6.45) is 8.42. The fourth-order valence-corrected chi connectivity index (χ4v) is 2.87. The molecule has 3 aliphatic rings. The Balaban J connectivity index is 2.13. The number of nitrogens with one attached hydrogen (secondary N) is 2. The minimum Gasteiger partial charge on any atom is -0.461 e. The summed E-state index contributed by atoms with van der Waals surface area (Å²) in [6.45, 7) is 2.46. The van der Waals surface area contributed by atoms with Crippen LogP contribution >= 0.6 is 0 Å². The van der Waals surface area contributed by atoms with Crippen LogP contribution in [0.4, 0.5) is 0 Å². The van der Waals surface area contributed by atoms with Crippen molar-refractivity contribution in [3.05, 3.63) is 36.2 Å². The minimum atomic E-state index is -0.873. The van der Waals surface area contributed by atoms with E-state index in [0.29, 0.717) is 6.67 Å². The third-order valence-electron chi connectivity index (χ3n) is 3.71. The average molecular weight is 273 g/mol. The molecule has 0 fully saturated rings. The SMILES string of the molecule is CCOC(=O)C1=NC=CC2=CC(=O)C3NCNC=CC213. The van der Waals surface area contributed by atoms with Gasteiger partial charge in [-0.1, -0.05) is 0 Å². The summed E-state index contributed by atoms with van der Waals surface area (Å²) in [7, 11) is 0. The van der Waals surface area contributed by atoms with Gasteiger partial charge in [0.05, 0.1) is 24.7 Å². The van der Waals surface area contributed by atoms with E-state index in [2.05, 4.69) is 15.6 Å². The first-order valence-electron chi connectivity index (χ1n) is 6.52. The summed E-state index contributed by atoms with van der Waals surface area (Å²) >= 11 is 0. The van der Waals surface area contributed by atoms with Crippen molar-refractivity contribution in [1.82, 2.24) is 10.6 Å². The van der Waals surface area contributed by atoms with Crippen LogP contribution in [0.5, 0.6) is 0 Å². The molecular weight excluding hydrogens is 258 g/mol. The molecule has 2 atom stereocenters. The molecule has 0 saturated heterocycles. The molecule has 2 N–H and O–H groups in total. The van der Waals surface area contributed by atoms with E-state index in [-0.39, 0.29) is 18.1 Å². The predicted molar refractivity (Wildman–Crippen MR) is 72.8 cm³/mol. The molecule has 6 heteroatoms. The molecule has 0 bridgehead atoms. The van der Waals surface area contributed by atoms with Crippen molar-refractivity contribution in [2.45, 2.75) is 13.0 Å². The van der Waals surface area contributed by atoms with Gasteiger partial charge in [0.25, 0.3) is 0 Å². The van der Waals surface area contributed by atoms with Gasteiger partial charge in [-0.05, 0) is 36.9 Å². The van der Waals surface area contributed by atoms with Gasteiger partial charge in [0.15, 0.2) is 5.78 Å². The summed E-state index contributed by atoms with van der Waals surface area (Å²) in [6, 6.07) is -0.531. The van der Waals surface area contributed by atoms with Crippen LogP contribution in [0.25, 0.3) is 0 Å². The third kappa shape index (κ3) is 1.65. The number of hydrogen-bond donors (Lipinski definition) is 2. The number of hydrogen-bond acceptors (Lipinski definition) is 6. The fraction of sp³-hybridized carbons (Fsp3) is 0.357. The lowest BCUT2D eigenvalue weighted by atomic mass is 9.72. The Labute approximate surface area is 116 Å². The standard InChI is InChI=1S/C14H15N3O3/c1-2-20-13(19)12-14-4-6-15-8-17-11(14)10(18)7-9(14)3-5-16-12/h3-7,11,15,17H,2,8H2,1H3. The van der Waals surface area contributed by atoms with Gasteiger partial charge in [0.1, 0.15) is 5.71 Å². The van der Waals surface area contributed by atoms with Gasteiger partial charge >= 0.3 is 5.97 Å². The summed E-state index contributed by atoms with van der Waals surface area (Å²) in [4.78, 5) is 28.6. The lowest BCUT2D eigenvalue weighted by Crippen LogP contribution is -2.53. The van der Waals surface area contributed by atoms with Crippen LogP contribution < -0.4 is 10.6 Å². The maximum atomic E-state index is 12.2. The summed E-state index contributed by atoms with van der Waals surface area (Å²) < 4.78 is 5.09. The number of esters is 1. The molecule has 2 unspecified atom stereocenters. The van der Waals surface area contributed by atoms with Crippen LogP contribution in [-0.2, 0) is 14.3 Å². The third-order valence-corrected chi connectivity index (χ3v) is 3.71. The van der Waals surface area contributed by atoms with E-state index in [1.165, 1.54) is 6.20 Å². The van der Waals surface area contributed by atoms with Crippen molar-refractivity contribution in [2.75, 3.05) is 13.3 Å². The lowest BCUT2D eigenvalue weighted by Gasteiger charge is -2.34. The first kappa shape index (κ1) is 12.8. The van der Waals surface area contributed by atoms with E-state index in [1.807, 2.05) is 6.08 Å². The first-order valence-corrected chi connectivity index (χ1v) is 6.52. The second-order valence-corrected chi connectivity index (χ2v) is 4.74. The van der Waals surface area contributed by atoms with Crippen molar-refractivity contribution in [1.29, 1.82) is 0 Å². The van der Waals surface area contributed by atoms with E-state index in [1.54, 1.807) is 25.3 Å². The van der Waals surface area contributed by atoms with Crippen LogP contribution in [0.15, 0.2) is 41.2 Å². The summed E-state index contributed by atoms with van der Waals surface area (Å²) in [5.41, 5.74) is 0.135. The number of allylic oxidation sites excluding steroid dienone is 1. The van der Waals surface area contributed by atoms with Gasteiger partial charge in [-0.15, -0.1) is 0 Å². The van der Waals surface area contributed by atoms with Crippen molar-refractivity contribution in [2.24, 2.45) is 10.4 Å². The highest BCUT2D eigenvalue weighted by molar-refractivity contribution is 6.42. The van der Waals surface area contributed by atoms with Gasteiger partial charge < -0.3 is 10.1 Å². The number of ketones is 1. The number of carbonyl (C=O) groups is 2. The highest BCUT2D eigenvalue weighted by atomic mass is 16.5. The van der Waals surface area contributed by atoms with E-state index in [4.69, 9.17) is 4.74 Å². The maximum absolute atomic E-state index is 12.2. The van der Waals surface area contributed by atoms with Crippen molar-refractivity contribution in [3.8, 4) is 0 Å². The van der Waals surface area contributed by atoms with Crippen LogP contribution in [-0.4, -0.2) is 36.8 Å². The van der Waals surface area contributed by atoms with Crippen LogP contribution in [0.1, 0.15) is 6.92 Å². The van der Waals surface area contributed by atoms with Gasteiger partial charge in [-0.2, -0.15) is 0 Å². The van der Waals surface area contributed by atoms with Crippen molar-refractivity contribution >= 4 is 17.5 Å². The largest absolute Gasteiger partial charge is 0.461 e. The van der Waals surface area contributed by atoms with Crippen LogP contribution in [0, 0.1) is 5.41 Å². The number of carbonyl (C=O) groups excluding carboxylic acids is 2. The van der Waals surface area contributed by atoms with E-state index >= 15 is 0 Å². The molecule has 104 valence electrons. The minimum absolute atomic E-state index is 0.0584. The predicted octanol–water partition coefficient (Wildman–Crippen LogP) is 0.0459. The quantitative estimate of drug-likeness (QED) is 0.695. The molecule has 1 spiro atoms. The maximum Gasteiger partial charge on any atom is 0.354 e. The molecule has 0 radical (unpaired) electrons. The highest BCUT2D eigenvalue weighted by Crippen LogP contribution is 2.44. The normalized spacial score (nSPS) is 30.6. The molecule has 2 aliphatic heterocycles. The van der Waals surface area contributed by atoms with E-state index in [0.717, 1.165) is 5.57 Å². The van der Waals surface area contributed by atoms with Crippen LogP contribution in [0.3, 0.4) is 0 Å². The Kier molecular flexibility index (Phi) is 3.02. The Hall–Kier alpha value is -2.21. The Morgan fingerprint density at radius 3 is 3.25 bits per heavy atom. The molecule has 0 aromatic rings. The zero-order valence-electron chi connectivity index (χ0n) is 11.1. The molecule has 0 saturated carbocycles. The number of nitrogens with zero attached hydrogens (tertiary/aromatic N) is 1. The lowest BCUT2D eigenvalue weighted by molar-refractivity contribution is -0.135. The molecule has 3 rings (SSSR count). The molecular formula is C14H15N3O3. The fourth-order valence-electron chi connectivity index (χ4n) is 2.87. The molecule has 0 amide bonds. The van der Waals surface area contributed by atoms with Crippen molar-refractivity contribution in [3.63, 3.8) is 0 Å². The van der Waals surface area contributed by atoms with Gasteiger partial charge in [-0.25, -0.2) is 4.79 Å². The number of aliphatic imine (C=N–C) groups is 1. The van der Waals surface area contributed by atoms with E-state index in [9.17, 15) is 9.59 Å². The monoisotopic (exact) mass is 273 g/mol. The molecule has 20 heavy (non-hydrogen) atoms. The topological polar surface area (TPSA) is 79.8 Å². The Morgan fingerprint density at radius 2 is 2.45 bits per heavy atom. The number of ether oxygens (including phenoxy) is 1. The zero-order valence-corrected chi connectivity index (χ0v) is 11.1. The van der Waals surface area contributed by atoms with Gasteiger partial charge in [-0.3, -0.25) is 15.1 Å².